The van der Waals surface area contributed by atoms with Crippen LogP contribution in [0.15, 0.2) is 6.07 Å². The molecule has 3 nitrogen and oxygen atoms in total. The monoisotopic (exact) mass is 247 g/mol. The molecule has 1 heterocycles. The zero-order valence-electron chi connectivity index (χ0n) is 8.85. The third kappa shape index (κ3) is 3.14. The van der Waals surface area contributed by atoms with Crippen LogP contribution in [0.5, 0.6) is 0 Å². The number of halogens is 2. The average molecular weight is 248 g/mol. The van der Waals surface area contributed by atoms with Crippen LogP contribution in [0.1, 0.15) is 26.7 Å². The van der Waals surface area contributed by atoms with E-state index < -0.39 is 0 Å². The second kappa shape index (κ2) is 5.42. The van der Waals surface area contributed by atoms with E-state index in [1.54, 1.807) is 6.07 Å². The summed E-state index contributed by atoms with van der Waals surface area (Å²) < 4.78 is 0. The molecule has 0 bridgehead atoms. The Bertz CT molecular complexity index is 338. The number of hydrogen-bond acceptors (Lipinski definition) is 3. The van der Waals surface area contributed by atoms with Crippen LogP contribution in [-0.4, -0.2) is 11.0 Å². The van der Waals surface area contributed by atoms with Crippen molar-refractivity contribution in [3.8, 4) is 0 Å². The van der Waals surface area contributed by atoms with Crippen molar-refractivity contribution < 1.29 is 0 Å². The Morgan fingerprint density at radius 3 is 2.47 bits per heavy atom. The normalized spacial score (nSPS) is 10.7. The van der Waals surface area contributed by atoms with E-state index in [4.69, 9.17) is 28.9 Å². The molecule has 1 rings (SSSR count). The molecule has 0 aromatic carbocycles. The number of nitrogen functional groups attached to an aromatic ring is 1. The molecule has 0 aliphatic heterocycles. The summed E-state index contributed by atoms with van der Waals surface area (Å²) in [6, 6.07) is 1.96. The Morgan fingerprint density at radius 2 is 1.93 bits per heavy atom. The van der Waals surface area contributed by atoms with Crippen LogP contribution >= 0.6 is 23.2 Å². The second-order valence-corrected chi connectivity index (χ2v) is 4.16. The highest BCUT2D eigenvalue weighted by Gasteiger charge is 2.10. The van der Waals surface area contributed by atoms with Gasteiger partial charge >= 0.3 is 0 Å². The topological polar surface area (TPSA) is 50.9 Å². The molecule has 0 aliphatic rings. The third-order valence-electron chi connectivity index (χ3n) is 2.28. The molecule has 1 aromatic heterocycles. The van der Waals surface area contributed by atoms with Crippen LogP contribution in [-0.2, 0) is 0 Å². The van der Waals surface area contributed by atoms with E-state index in [2.05, 4.69) is 24.1 Å². The van der Waals surface area contributed by atoms with Crippen molar-refractivity contribution >= 4 is 34.8 Å². The summed E-state index contributed by atoms with van der Waals surface area (Å²) in [5.41, 5.74) is 5.61. The SMILES string of the molecule is CCC(CC)Nc1nc(N)c(Cl)cc1Cl. The average Bonchev–Trinajstić information content (AvgIpc) is 2.21. The number of nitrogens with one attached hydrogen (secondary N) is 1. The third-order valence-corrected chi connectivity index (χ3v) is 2.87. The van der Waals surface area contributed by atoms with E-state index in [0.717, 1.165) is 12.8 Å². The van der Waals surface area contributed by atoms with Gasteiger partial charge < -0.3 is 11.1 Å². The molecule has 0 fully saturated rings. The first kappa shape index (κ1) is 12.4. The Labute approximate surface area is 100.0 Å². The van der Waals surface area contributed by atoms with E-state index in [9.17, 15) is 0 Å². The van der Waals surface area contributed by atoms with Crippen molar-refractivity contribution in [3.63, 3.8) is 0 Å². The second-order valence-electron chi connectivity index (χ2n) is 3.34. The van der Waals surface area contributed by atoms with Gasteiger partial charge in [-0.2, -0.15) is 0 Å². The molecule has 3 N–H and O–H groups in total. The van der Waals surface area contributed by atoms with Gasteiger partial charge in [0.15, 0.2) is 0 Å². The predicted molar refractivity (Wildman–Crippen MR) is 66.7 cm³/mol. The molecule has 0 aliphatic carbocycles. The Morgan fingerprint density at radius 1 is 1.33 bits per heavy atom. The summed E-state index contributed by atoms with van der Waals surface area (Å²) in [6.07, 6.45) is 2.02. The van der Waals surface area contributed by atoms with E-state index in [-0.39, 0.29) is 0 Å². The fourth-order valence-electron chi connectivity index (χ4n) is 1.27. The molecule has 0 radical (unpaired) electrons. The van der Waals surface area contributed by atoms with Crippen molar-refractivity contribution in [2.45, 2.75) is 32.7 Å². The lowest BCUT2D eigenvalue weighted by molar-refractivity contribution is 0.669. The standard InChI is InChI=1S/C10H15Cl2N3/c1-3-6(4-2)14-10-8(12)5-7(11)9(13)15-10/h5-6H,3-4H2,1-2H3,(H3,13,14,15). The van der Waals surface area contributed by atoms with Crippen LogP contribution in [0.25, 0.3) is 0 Å². The van der Waals surface area contributed by atoms with Gasteiger partial charge in [-0.15, -0.1) is 0 Å². The van der Waals surface area contributed by atoms with Gasteiger partial charge in [0.05, 0.1) is 10.0 Å². The first-order chi connectivity index (χ1) is 7.08. The highest BCUT2D eigenvalue weighted by molar-refractivity contribution is 6.37. The molecule has 0 amide bonds. The minimum Gasteiger partial charge on any atom is -0.382 e. The molecular formula is C10H15Cl2N3. The van der Waals surface area contributed by atoms with Crippen LogP contribution in [0.3, 0.4) is 0 Å². The molecule has 0 atom stereocenters. The van der Waals surface area contributed by atoms with Crippen molar-refractivity contribution in [2.75, 3.05) is 11.1 Å². The summed E-state index contributed by atoms with van der Waals surface area (Å²) in [4.78, 5) is 4.11. The highest BCUT2D eigenvalue weighted by Crippen LogP contribution is 2.28. The summed E-state index contributed by atoms with van der Waals surface area (Å²) in [6.45, 7) is 4.21. The van der Waals surface area contributed by atoms with Crippen LogP contribution < -0.4 is 11.1 Å². The van der Waals surface area contributed by atoms with Crippen molar-refractivity contribution in [2.24, 2.45) is 0 Å². The maximum absolute atomic E-state index is 5.99. The van der Waals surface area contributed by atoms with Crippen molar-refractivity contribution in [1.82, 2.24) is 4.98 Å². The van der Waals surface area contributed by atoms with Crippen LogP contribution in [0.2, 0.25) is 10.0 Å². The lowest BCUT2D eigenvalue weighted by Gasteiger charge is -2.16. The molecule has 0 spiro atoms. The largest absolute Gasteiger partial charge is 0.382 e. The molecule has 84 valence electrons. The first-order valence-electron chi connectivity index (χ1n) is 4.96. The summed E-state index contributed by atoms with van der Waals surface area (Å²) in [7, 11) is 0. The molecule has 15 heavy (non-hydrogen) atoms. The van der Waals surface area contributed by atoms with Gasteiger partial charge in [0.25, 0.3) is 0 Å². The fourth-order valence-corrected chi connectivity index (χ4v) is 1.68. The van der Waals surface area contributed by atoms with Gasteiger partial charge in [-0.3, -0.25) is 0 Å². The lowest BCUT2D eigenvalue weighted by Crippen LogP contribution is -2.18. The van der Waals surface area contributed by atoms with Gasteiger partial charge in [-0.05, 0) is 18.9 Å². The fraction of sp³-hybridized carbons (Fsp3) is 0.500. The van der Waals surface area contributed by atoms with Crippen molar-refractivity contribution in [3.05, 3.63) is 16.1 Å². The minimum absolute atomic E-state index is 0.300. The number of nitrogens with two attached hydrogens (primary N) is 1. The van der Waals surface area contributed by atoms with Gasteiger partial charge in [0.2, 0.25) is 0 Å². The van der Waals surface area contributed by atoms with E-state index >= 15 is 0 Å². The smallest absolute Gasteiger partial charge is 0.147 e. The maximum atomic E-state index is 5.99. The molecule has 0 unspecified atom stereocenters. The number of aromatic nitrogens is 1. The van der Waals surface area contributed by atoms with E-state index in [0.29, 0.717) is 27.7 Å². The Kier molecular flexibility index (Phi) is 4.48. The first-order valence-corrected chi connectivity index (χ1v) is 5.72. The van der Waals surface area contributed by atoms with Crippen LogP contribution in [0, 0.1) is 0 Å². The van der Waals surface area contributed by atoms with Gasteiger partial charge in [0.1, 0.15) is 11.6 Å². The summed E-state index contributed by atoms with van der Waals surface area (Å²) in [5, 5.41) is 4.12. The van der Waals surface area contributed by atoms with Gasteiger partial charge in [0, 0.05) is 6.04 Å². The maximum Gasteiger partial charge on any atom is 0.147 e. The van der Waals surface area contributed by atoms with Gasteiger partial charge in [-0.1, -0.05) is 37.0 Å². The summed E-state index contributed by atoms with van der Waals surface area (Å²) >= 11 is 11.8. The molecule has 1 aromatic rings. The van der Waals surface area contributed by atoms with Crippen molar-refractivity contribution in [1.29, 1.82) is 0 Å². The zero-order chi connectivity index (χ0) is 11.4. The Balaban J connectivity index is 2.89. The number of anilines is 2. The van der Waals surface area contributed by atoms with E-state index in [1.807, 2.05) is 0 Å². The quantitative estimate of drug-likeness (QED) is 0.856. The lowest BCUT2D eigenvalue weighted by atomic mass is 10.2. The highest BCUT2D eigenvalue weighted by atomic mass is 35.5. The predicted octanol–water partition coefficient (Wildman–Crippen LogP) is 3.57. The molecule has 5 heteroatoms. The number of hydrogen-bond donors (Lipinski definition) is 2. The van der Waals surface area contributed by atoms with E-state index in [1.165, 1.54) is 0 Å². The van der Waals surface area contributed by atoms with Crippen LogP contribution in [0.4, 0.5) is 11.6 Å². The zero-order valence-corrected chi connectivity index (χ0v) is 10.4. The molecular weight excluding hydrogens is 233 g/mol. The number of pyridine rings is 1. The Hall–Kier alpha value is -0.670. The molecule has 0 saturated carbocycles. The number of rotatable bonds is 4. The van der Waals surface area contributed by atoms with Gasteiger partial charge in [-0.25, -0.2) is 4.98 Å². The number of nitrogens with zero attached hydrogens (tertiary/aromatic N) is 1. The molecule has 0 saturated heterocycles. The summed E-state index contributed by atoms with van der Waals surface area (Å²) in [5.74, 6) is 0.904. The minimum atomic E-state index is 0.300.